The molecule has 5 heteroatoms. The lowest BCUT2D eigenvalue weighted by Crippen LogP contribution is -2.02. The van der Waals surface area contributed by atoms with Crippen molar-refractivity contribution in [2.24, 2.45) is 0 Å². The van der Waals surface area contributed by atoms with Gasteiger partial charge in [0.15, 0.2) is 0 Å². The molecule has 100 valence electrons. The van der Waals surface area contributed by atoms with Crippen molar-refractivity contribution in [1.82, 2.24) is 4.98 Å². The molecule has 0 unspecified atom stereocenters. The van der Waals surface area contributed by atoms with Crippen LogP contribution >= 0.6 is 11.3 Å². The van der Waals surface area contributed by atoms with E-state index in [9.17, 15) is 4.79 Å². The van der Waals surface area contributed by atoms with Crippen molar-refractivity contribution in [3.05, 3.63) is 59.1 Å². The Hall–Kier alpha value is -2.40. The molecular formula is C15H12N2O2S. The van der Waals surface area contributed by atoms with E-state index in [2.05, 4.69) is 10.3 Å². The van der Waals surface area contributed by atoms with E-state index in [1.165, 1.54) is 4.70 Å². The second-order valence-corrected chi connectivity index (χ2v) is 5.30. The summed E-state index contributed by atoms with van der Waals surface area (Å²) in [4.78, 5) is 15.1. The first kappa shape index (κ1) is 12.6. The van der Waals surface area contributed by atoms with E-state index in [1.54, 1.807) is 29.7 Å². The van der Waals surface area contributed by atoms with Crippen molar-refractivity contribution in [2.75, 3.05) is 5.32 Å². The quantitative estimate of drug-likeness (QED) is 0.768. The molecule has 3 aromatic rings. The van der Waals surface area contributed by atoms with Gasteiger partial charge in [-0.2, -0.15) is 0 Å². The highest BCUT2D eigenvalue weighted by molar-refractivity contribution is 7.17. The fourth-order valence-corrected chi connectivity index (χ4v) is 2.77. The average molecular weight is 284 g/mol. The zero-order chi connectivity index (χ0) is 13.9. The average Bonchev–Trinajstić information content (AvgIpc) is 2.94. The molecule has 20 heavy (non-hydrogen) atoms. The number of nitrogens with one attached hydrogen (secondary N) is 1. The number of anilines is 1. The van der Waals surface area contributed by atoms with Crippen molar-refractivity contribution in [3.8, 4) is 0 Å². The number of benzene rings is 1. The number of nitrogens with zero attached hydrogens (tertiary/aromatic N) is 1. The molecule has 0 aliphatic heterocycles. The number of hydrogen-bond donors (Lipinski definition) is 2. The van der Waals surface area contributed by atoms with Crippen LogP contribution in [-0.4, -0.2) is 16.1 Å². The summed E-state index contributed by atoms with van der Waals surface area (Å²) in [7, 11) is 0. The Morgan fingerprint density at radius 3 is 2.75 bits per heavy atom. The van der Waals surface area contributed by atoms with Gasteiger partial charge in [-0.05, 0) is 35.2 Å². The van der Waals surface area contributed by atoms with Crippen LogP contribution in [0.2, 0.25) is 0 Å². The Labute approximate surface area is 119 Å². The maximum atomic E-state index is 10.8. The lowest BCUT2D eigenvalue weighted by atomic mass is 10.1. The van der Waals surface area contributed by atoms with Gasteiger partial charge in [0.25, 0.3) is 0 Å². The van der Waals surface area contributed by atoms with Crippen molar-refractivity contribution in [2.45, 2.75) is 6.54 Å². The third kappa shape index (κ3) is 2.48. The molecule has 2 heterocycles. The number of carboxylic acids is 1. The van der Waals surface area contributed by atoms with E-state index in [1.807, 2.05) is 29.6 Å². The summed E-state index contributed by atoms with van der Waals surface area (Å²) in [6, 6.07) is 10.9. The molecule has 0 saturated heterocycles. The fraction of sp³-hybridized carbons (Fsp3) is 0.0667. The van der Waals surface area contributed by atoms with Crippen LogP contribution in [0.25, 0.3) is 10.1 Å². The van der Waals surface area contributed by atoms with E-state index < -0.39 is 5.97 Å². The zero-order valence-corrected chi connectivity index (χ0v) is 11.4. The molecule has 0 aliphatic rings. The lowest BCUT2D eigenvalue weighted by Gasteiger charge is -2.07. The summed E-state index contributed by atoms with van der Waals surface area (Å²) in [6.07, 6.45) is 1.79. The Bertz CT molecular complexity index is 750. The van der Waals surface area contributed by atoms with E-state index in [0.29, 0.717) is 12.1 Å². The fourth-order valence-electron chi connectivity index (χ4n) is 1.99. The van der Waals surface area contributed by atoms with Crippen LogP contribution in [0, 0.1) is 0 Å². The van der Waals surface area contributed by atoms with Crippen LogP contribution in [-0.2, 0) is 6.54 Å². The first-order chi connectivity index (χ1) is 9.74. The van der Waals surface area contributed by atoms with Gasteiger partial charge in [0, 0.05) is 22.8 Å². The van der Waals surface area contributed by atoms with E-state index in [0.717, 1.165) is 16.8 Å². The minimum Gasteiger partial charge on any atom is -0.478 e. The molecule has 0 aliphatic carbocycles. The van der Waals surface area contributed by atoms with Crippen molar-refractivity contribution in [1.29, 1.82) is 0 Å². The molecule has 2 aromatic heterocycles. The van der Waals surface area contributed by atoms with Gasteiger partial charge in [-0.15, -0.1) is 11.3 Å². The number of rotatable bonds is 4. The highest BCUT2D eigenvalue weighted by Crippen LogP contribution is 2.26. The summed E-state index contributed by atoms with van der Waals surface area (Å²) in [6.45, 7) is 0.613. The number of pyridine rings is 1. The Balaban J connectivity index is 1.76. The van der Waals surface area contributed by atoms with Crippen LogP contribution in [0.1, 0.15) is 15.9 Å². The molecular weight excluding hydrogens is 272 g/mol. The second-order valence-electron chi connectivity index (χ2n) is 4.35. The molecule has 2 N–H and O–H groups in total. The number of fused-ring (bicyclic) bond motifs is 1. The summed E-state index contributed by atoms with van der Waals surface area (Å²) >= 11 is 1.68. The van der Waals surface area contributed by atoms with Crippen LogP contribution in [0.4, 0.5) is 5.82 Å². The third-order valence-corrected chi connectivity index (χ3v) is 3.92. The van der Waals surface area contributed by atoms with E-state index in [-0.39, 0.29) is 0 Å². The molecule has 0 spiro atoms. The summed E-state index contributed by atoms with van der Waals surface area (Å²) in [5.74, 6) is -0.0553. The van der Waals surface area contributed by atoms with E-state index in [4.69, 9.17) is 5.11 Å². The second kappa shape index (κ2) is 5.30. The van der Waals surface area contributed by atoms with Crippen LogP contribution in [0.15, 0.2) is 48.0 Å². The topological polar surface area (TPSA) is 62.2 Å². The first-order valence-electron chi connectivity index (χ1n) is 6.12. The molecule has 0 bridgehead atoms. The van der Waals surface area contributed by atoms with Crippen molar-refractivity contribution in [3.63, 3.8) is 0 Å². The van der Waals surface area contributed by atoms with Gasteiger partial charge >= 0.3 is 5.97 Å². The van der Waals surface area contributed by atoms with Gasteiger partial charge in [-0.25, -0.2) is 9.78 Å². The molecule has 3 rings (SSSR count). The van der Waals surface area contributed by atoms with Gasteiger partial charge in [0.1, 0.15) is 5.82 Å². The molecule has 0 amide bonds. The predicted octanol–water partition coefficient (Wildman–Crippen LogP) is 3.61. The van der Waals surface area contributed by atoms with Crippen LogP contribution < -0.4 is 5.32 Å². The zero-order valence-electron chi connectivity index (χ0n) is 10.5. The summed E-state index contributed by atoms with van der Waals surface area (Å²) < 4.78 is 1.20. The minimum absolute atomic E-state index is 0.298. The van der Waals surface area contributed by atoms with Gasteiger partial charge < -0.3 is 10.4 Å². The summed E-state index contributed by atoms with van der Waals surface area (Å²) in [5, 5.41) is 15.3. The SMILES string of the molecule is O=C(O)c1ccc(CNc2nccc3sccc23)cc1. The van der Waals surface area contributed by atoms with Gasteiger partial charge in [-0.1, -0.05) is 12.1 Å². The normalized spacial score (nSPS) is 10.6. The first-order valence-corrected chi connectivity index (χ1v) is 7.00. The number of thiophene rings is 1. The number of hydrogen-bond acceptors (Lipinski definition) is 4. The number of carboxylic acid groups (broad SMARTS) is 1. The molecule has 0 atom stereocenters. The number of carbonyl (C=O) groups is 1. The predicted molar refractivity (Wildman–Crippen MR) is 80.3 cm³/mol. The standard InChI is InChI=1S/C15H12N2O2S/c18-15(19)11-3-1-10(2-4-11)9-17-14-12-6-8-20-13(12)5-7-16-14/h1-8H,9H2,(H,16,17)(H,18,19). The van der Waals surface area contributed by atoms with Crippen LogP contribution in [0.5, 0.6) is 0 Å². The monoisotopic (exact) mass is 284 g/mol. The largest absolute Gasteiger partial charge is 0.478 e. The lowest BCUT2D eigenvalue weighted by molar-refractivity contribution is 0.0697. The number of aromatic carboxylic acids is 1. The maximum Gasteiger partial charge on any atom is 0.335 e. The number of aromatic nitrogens is 1. The maximum absolute atomic E-state index is 10.8. The molecule has 0 saturated carbocycles. The highest BCUT2D eigenvalue weighted by Gasteiger charge is 2.04. The Morgan fingerprint density at radius 1 is 1.20 bits per heavy atom. The van der Waals surface area contributed by atoms with Gasteiger partial charge in [0.2, 0.25) is 0 Å². The third-order valence-electron chi connectivity index (χ3n) is 3.04. The Morgan fingerprint density at radius 2 is 2.00 bits per heavy atom. The summed E-state index contributed by atoms with van der Waals surface area (Å²) in [5.41, 5.74) is 1.32. The molecule has 0 fully saturated rings. The van der Waals surface area contributed by atoms with Crippen molar-refractivity contribution < 1.29 is 9.90 Å². The smallest absolute Gasteiger partial charge is 0.335 e. The molecule has 1 aromatic carbocycles. The van der Waals surface area contributed by atoms with Gasteiger partial charge in [0.05, 0.1) is 5.56 Å². The van der Waals surface area contributed by atoms with Gasteiger partial charge in [-0.3, -0.25) is 0 Å². The van der Waals surface area contributed by atoms with Crippen molar-refractivity contribution >= 4 is 33.2 Å². The molecule has 0 radical (unpaired) electrons. The minimum atomic E-state index is -0.908. The van der Waals surface area contributed by atoms with Crippen LogP contribution in [0.3, 0.4) is 0 Å². The van der Waals surface area contributed by atoms with E-state index >= 15 is 0 Å². The highest BCUT2D eigenvalue weighted by atomic mass is 32.1. The molecule has 4 nitrogen and oxygen atoms in total. The Kier molecular flexibility index (Phi) is 3.35.